The van der Waals surface area contributed by atoms with E-state index in [9.17, 15) is 9.59 Å². The monoisotopic (exact) mass is 407 g/mol. The van der Waals surface area contributed by atoms with E-state index in [1.165, 1.54) is 0 Å². The van der Waals surface area contributed by atoms with E-state index in [0.717, 1.165) is 22.4 Å². The zero-order chi connectivity index (χ0) is 21.3. The van der Waals surface area contributed by atoms with Crippen LogP contribution in [0.2, 0.25) is 0 Å². The van der Waals surface area contributed by atoms with Gasteiger partial charge in [0.1, 0.15) is 12.1 Å². The van der Waals surface area contributed by atoms with E-state index >= 15 is 0 Å². The molecule has 2 aliphatic rings. The van der Waals surface area contributed by atoms with Crippen LogP contribution in [0.1, 0.15) is 29.5 Å². The Morgan fingerprint density at radius 2 is 1.63 bits per heavy atom. The molecule has 0 atom stereocenters. The average Bonchev–Trinajstić information content (AvgIpc) is 2.98. The van der Waals surface area contributed by atoms with Gasteiger partial charge in [-0.15, -0.1) is 0 Å². The molecule has 4 rings (SSSR count). The molecule has 158 valence electrons. The third-order valence-electron chi connectivity index (χ3n) is 6.49. The topological polar surface area (TPSA) is 53.1 Å². The zero-order valence-electron chi connectivity index (χ0n) is 17.9. The van der Waals surface area contributed by atoms with Crippen molar-refractivity contribution in [2.45, 2.75) is 38.8 Å². The van der Waals surface area contributed by atoms with Crippen molar-refractivity contribution in [3.63, 3.8) is 0 Å². The normalized spacial score (nSPS) is 18.8. The molecule has 0 saturated carbocycles. The fourth-order valence-electron chi connectivity index (χ4n) is 4.70. The number of nitrogens with zero attached hydrogens (tertiary/aromatic N) is 3. The fraction of sp³-hybridized carbons (Fsp3) is 0.417. The maximum absolute atomic E-state index is 13.5. The van der Waals surface area contributed by atoms with Crippen LogP contribution in [0.3, 0.4) is 0 Å². The Hall–Kier alpha value is -2.86. The minimum absolute atomic E-state index is 0.139. The van der Waals surface area contributed by atoms with E-state index in [4.69, 9.17) is 4.74 Å². The molecule has 2 aliphatic heterocycles. The van der Waals surface area contributed by atoms with E-state index in [0.29, 0.717) is 32.6 Å². The lowest BCUT2D eigenvalue weighted by atomic mass is 9.86. The van der Waals surface area contributed by atoms with Gasteiger partial charge in [0.05, 0.1) is 12.4 Å². The quantitative estimate of drug-likeness (QED) is 0.778. The smallest absolute Gasteiger partial charge is 0.410 e. The Labute approximate surface area is 178 Å². The van der Waals surface area contributed by atoms with Crippen LogP contribution in [0.25, 0.3) is 0 Å². The molecule has 0 bridgehead atoms. The van der Waals surface area contributed by atoms with Crippen LogP contribution in [-0.2, 0) is 16.1 Å². The predicted octanol–water partition coefficient (Wildman–Crippen LogP) is 3.71. The van der Waals surface area contributed by atoms with Crippen molar-refractivity contribution >= 4 is 17.7 Å². The summed E-state index contributed by atoms with van der Waals surface area (Å²) in [5.74, 6) is 0.139. The Kier molecular flexibility index (Phi) is 5.52. The molecular formula is C24H29N3O3. The lowest BCUT2D eigenvalue weighted by Gasteiger charge is -2.40. The number of carbonyl (C=O) groups is 2. The highest BCUT2D eigenvalue weighted by Crippen LogP contribution is 2.39. The van der Waals surface area contributed by atoms with Gasteiger partial charge in [-0.05, 0) is 50.4 Å². The number of hydrogen-bond acceptors (Lipinski definition) is 4. The first kappa shape index (κ1) is 20.4. The standard InChI is InChI=1S/C24H29N3O3/c1-18-8-7-9-19(2)21(18)27-17-25(3)24(22(27)28)12-14-26(15-13-24)23(29)30-16-20-10-5-4-6-11-20/h4-11H,12-17H2,1-3H3. The Morgan fingerprint density at radius 1 is 1.00 bits per heavy atom. The van der Waals surface area contributed by atoms with Crippen molar-refractivity contribution in [3.8, 4) is 0 Å². The molecule has 2 aromatic carbocycles. The maximum atomic E-state index is 13.5. The van der Waals surface area contributed by atoms with Crippen molar-refractivity contribution in [2.75, 3.05) is 31.7 Å². The number of amides is 2. The van der Waals surface area contributed by atoms with Crippen LogP contribution in [0.15, 0.2) is 48.5 Å². The second-order valence-corrected chi connectivity index (χ2v) is 8.37. The summed E-state index contributed by atoms with van der Waals surface area (Å²) in [6, 6.07) is 15.8. The van der Waals surface area contributed by atoms with E-state index < -0.39 is 5.54 Å². The van der Waals surface area contributed by atoms with E-state index in [-0.39, 0.29) is 18.6 Å². The molecule has 0 aromatic heterocycles. The van der Waals surface area contributed by atoms with Crippen LogP contribution < -0.4 is 4.90 Å². The third kappa shape index (κ3) is 3.56. The zero-order valence-corrected chi connectivity index (χ0v) is 17.9. The first-order valence-electron chi connectivity index (χ1n) is 10.5. The summed E-state index contributed by atoms with van der Waals surface area (Å²) in [6.45, 7) is 5.97. The first-order valence-corrected chi connectivity index (χ1v) is 10.5. The molecule has 30 heavy (non-hydrogen) atoms. The summed E-state index contributed by atoms with van der Waals surface area (Å²) in [5.41, 5.74) is 3.64. The van der Waals surface area contributed by atoms with Gasteiger partial charge in [-0.2, -0.15) is 0 Å². The summed E-state index contributed by atoms with van der Waals surface area (Å²) >= 11 is 0. The molecule has 2 heterocycles. The van der Waals surface area contributed by atoms with Gasteiger partial charge in [-0.1, -0.05) is 48.5 Å². The van der Waals surface area contributed by atoms with Gasteiger partial charge in [0.15, 0.2) is 0 Å². The molecule has 6 heteroatoms. The van der Waals surface area contributed by atoms with Crippen LogP contribution >= 0.6 is 0 Å². The lowest BCUT2D eigenvalue weighted by molar-refractivity contribution is -0.126. The Balaban J connectivity index is 1.42. The van der Waals surface area contributed by atoms with Crippen molar-refractivity contribution in [2.24, 2.45) is 0 Å². The molecule has 1 spiro atoms. The minimum Gasteiger partial charge on any atom is -0.445 e. The molecular weight excluding hydrogens is 378 g/mol. The second-order valence-electron chi connectivity index (χ2n) is 8.37. The number of rotatable bonds is 3. The summed E-state index contributed by atoms with van der Waals surface area (Å²) in [7, 11) is 2.01. The Morgan fingerprint density at radius 3 is 2.27 bits per heavy atom. The lowest BCUT2D eigenvalue weighted by Crippen LogP contribution is -2.56. The van der Waals surface area contributed by atoms with Crippen molar-refractivity contribution in [3.05, 3.63) is 65.2 Å². The number of anilines is 1. The molecule has 0 N–H and O–H groups in total. The van der Waals surface area contributed by atoms with Crippen LogP contribution in [0.5, 0.6) is 0 Å². The number of hydrogen-bond donors (Lipinski definition) is 0. The number of para-hydroxylation sites is 1. The van der Waals surface area contributed by atoms with E-state index in [1.54, 1.807) is 4.90 Å². The van der Waals surface area contributed by atoms with Crippen molar-refractivity contribution < 1.29 is 14.3 Å². The molecule has 0 radical (unpaired) electrons. The van der Waals surface area contributed by atoms with Gasteiger partial charge >= 0.3 is 6.09 Å². The first-order chi connectivity index (χ1) is 14.4. The average molecular weight is 408 g/mol. The van der Waals surface area contributed by atoms with Gasteiger partial charge in [-0.25, -0.2) is 4.79 Å². The number of benzene rings is 2. The molecule has 0 unspecified atom stereocenters. The summed E-state index contributed by atoms with van der Waals surface area (Å²) in [5, 5.41) is 0. The minimum atomic E-state index is -0.551. The fourth-order valence-corrected chi connectivity index (χ4v) is 4.70. The SMILES string of the molecule is Cc1cccc(C)c1N1CN(C)C2(CCN(C(=O)OCc3ccccc3)CC2)C1=O. The number of piperidine rings is 1. The summed E-state index contributed by atoms with van der Waals surface area (Å²) < 4.78 is 5.47. The number of likely N-dealkylation sites (tertiary alicyclic amines) is 1. The Bertz CT molecular complexity index is 916. The largest absolute Gasteiger partial charge is 0.445 e. The maximum Gasteiger partial charge on any atom is 0.410 e. The highest BCUT2D eigenvalue weighted by Gasteiger charge is 2.53. The highest BCUT2D eigenvalue weighted by atomic mass is 16.6. The van der Waals surface area contributed by atoms with Gasteiger partial charge in [0, 0.05) is 13.1 Å². The summed E-state index contributed by atoms with van der Waals surface area (Å²) in [4.78, 5) is 31.8. The number of ether oxygens (including phenoxy) is 1. The molecule has 6 nitrogen and oxygen atoms in total. The second kappa shape index (κ2) is 8.11. The predicted molar refractivity (Wildman–Crippen MR) is 116 cm³/mol. The van der Waals surface area contributed by atoms with E-state index in [2.05, 4.69) is 4.90 Å². The molecule has 2 saturated heterocycles. The molecule has 0 aliphatic carbocycles. The van der Waals surface area contributed by atoms with Gasteiger partial charge < -0.3 is 9.64 Å². The van der Waals surface area contributed by atoms with Crippen LogP contribution in [0, 0.1) is 13.8 Å². The van der Waals surface area contributed by atoms with Crippen LogP contribution in [0.4, 0.5) is 10.5 Å². The van der Waals surface area contributed by atoms with Crippen LogP contribution in [-0.4, -0.2) is 54.1 Å². The van der Waals surface area contributed by atoms with Crippen molar-refractivity contribution in [1.82, 2.24) is 9.80 Å². The van der Waals surface area contributed by atoms with Gasteiger partial charge in [-0.3, -0.25) is 14.6 Å². The molecule has 2 aromatic rings. The number of likely N-dealkylation sites (N-methyl/N-ethyl adjacent to an activating group) is 1. The number of aryl methyl sites for hydroxylation is 2. The highest BCUT2D eigenvalue weighted by molar-refractivity contribution is 6.03. The van der Waals surface area contributed by atoms with Crippen molar-refractivity contribution in [1.29, 1.82) is 0 Å². The molecule has 2 amide bonds. The number of carbonyl (C=O) groups excluding carboxylic acids is 2. The van der Waals surface area contributed by atoms with Gasteiger partial charge in [0.25, 0.3) is 0 Å². The van der Waals surface area contributed by atoms with E-state index in [1.807, 2.05) is 74.3 Å². The molecule has 2 fully saturated rings. The summed E-state index contributed by atoms with van der Waals surface area (Å²) in [6.07, 6.45) is 0.919. The third-order valence-corrected chi connectivity index (χ3v) is 6.49. The van der Waals surface area contributed by atoms with Gasteiger partial charge in [0.2, 0.25) is 5.91 Å².